The van der Waals surface area contributed by atoms with Crippen molar-refractivity contribution in [3.8, 4) is 0 Å². The number of benzene rings is 1. The van der Waals surface area contributed by atoms with Gasteiger partial charge in [-0.15, -0.1) is 0 Å². The minimum absolute atomic E-state index is 0.0261. The van der Waals surface area contributed by atoms with Crippen LogP contribution in [0.3, 0.4) is 0 Å². The Morgan fingerprint density at radius 2 is 2.00 bits per heavy atom. The molecular weight excluding hydrogens is 282 g/mol. The highest BCUT2D eigenvalue weighted by Gasteiger charge is 2.23. The molecule has 0 spiro atoms. The first-order valence-electron chi connectivity index (χ1n) is 7.03. The summed E-state index contributed by atoms with van der Waals surface area (Å²) in [4.78, 5) is 14.7. The number of pyridine rings is 1. The second kappa shape index (κ2) is 6.53. The summed E-state index contributed by atoms with van der Waals surface area (Å²) < 4.78 is 0. The Balaban J connectivity index is 2.06. The van der Waals surface area contributed by atoms with Crippen LogP contribution < -0.4 is 5.32 Å². The molecule has 6 nitrogen and oxygen atoms in total. The molecule has 1 aromatic carbocycles. The van der Waals surface area contributed by atoms with Crippen LogP contribution in [0.25, 0.3) is 0 Å². The molecule has 0 fully saturated rings. The van der Waals surface area contributed by atoms with Gasteiger partial charge in [0.1, 0.15) is 0 Å². The topological polar surface area (TPSA) is 88.3 Å². The van der Waals surface area contributed by atoms with E-state index >= 15 is 0 Å². The fraction of sp³-hybridized carbons (Fsp3) is 0.312. The number of aromatic nitrogens is 1. The maximum Gasteiger partial charge on any atom is 0.314 e. The Hall–Kier alpha value is -2.47. The maximum atomic E-state index is 11.1. The van der Waals surface area contributed by atoms with Crippen molar-refractivity contribution in [3.63, 3.8) is 0 Å². The minimum Gasteiger partial charge on any atom is -0.385 e. The smallest absolute Gasteiger partial charge is 0.314 e. The molecule has 2 N–H and O–H groups in total. The average molecular weight is 301 g/mol. The van der Waals surface area contributed by atoms with Crippen LogP contribution in [0.4, 0.5) is 11.5 Å². The summed E-state index contributed by atoms with van der Waals surface area (Å²) in [6.07, 6.45) is 1.93. The molecule has 2 aromatic rings. The van der Waals surface area contributed by atoms with E-state index in [-0.39, 0.29) is 11.5 Å². The molecule has 0 aliphatic rings. The first-order valence-corrected chi connectivity index (χ1v) is 7.03. The Morgan fingerprint density at radius 1 is 1.32 bits per heavy atom. The van der Waals surface area contributed by atoms with Crippen LogP contribution in [0.15, 0.2) is 42.6 Å². The second-order valence-electron chi connectivity index (χ2n) is 5.40. The second-order valence-corrected chi connectivity index (χ2v) is 5.40. The van der Waals surface area contributed by atoms with Gasteiger partial charge in [-0.05, 0) is 31.9 Å². The highest BCUT2D eigenvalue weighted by molar-refractivity contribution is 5.59. The van der Waals surface area contributed by atoms with Gasteiger partial charge in [0, 0.05) is 18.3 Å². The Kier molecular flexibility index (Phi) is 4.72. The van der Waals surface area contributed by atoms with Crippen LogP contribution in [-0.4, -0.2) is 21.6 Å². The van der Waals surface area contributed by atoms with Gasteiger partial charge in [-0.3, -0.25) is 10.1 Å². The molecule has 0 saturated carbocycles. The number of hydrogen-bond donors (Lipinski definition) is 2. The van der Waals surface area contributed by atoms with Gasteiger partial charge in [0.05, 0.1) is 10.5 Å². The van der Waals surface area contributed by atoms with Crippen molar-refractivity contribution < 1.29 is 10.0 Å². The number of nitrogens with one attached hydrogen (secondary N) is 1. The van der Waals surface area contributed by atoms with E-state index in [1.54, 1.807) is 19.9 Å². The predicted molar refractivity (Wildman–Crippen MR) is 84.7 cm³/mol. The van der Waals surface area contributed by atoms with Crippen LogP contribution >= 0.6 is 0 Å². The zero-order valence-electron chi connectivity index (χ0n) is 12.6. The molecule has 0 bridgehead atoms. The third-order valence-corrected chi connectivity index (χ3v) is 3.61. The predicted octanol–water partition coefficient (Wildman–Crippen LogP) is 3.01. The number of nitro groups is 1. The minimum atomic E-state index is -1.01. The van der Waals surface area contributed by atoms with Crippen LogP contribution in [0.5, 0.6) is 0 Å². The summed E-state index contributed by atoms with van der Waals surface area (Å²) in [5, 5.41) is 24.6. The number of anilines is 1. The van der Waals surface area contributed by atoms with Crippen LogP contribution in [0.1, 0.15) is 24.5 Å². The number of nitrogens with zero attached hydrogens (tertiary/aromatic N) is 2. The Morgan fingerprint density at radius 3 is 2.64 bits per heavy atom. The van der Waals surface area contributed by atoms with Crippen LogP contribution in [0, 0.1) is 17.0 Å². The third-order valence-electron chi connectivity index (χ3n) is 3.61. The number of rotatable bonds is 6. The average Bonchev–Trinajstić information content (AvgIpc) is 2.47. The van der Waals surface area contributed by atoms with Crippen LogP contribution in [-0.2, 0) is 5.60 Å². The quantitative estimate of drug-likeness (QED) is 0.632. The largest absolute Gasteiger partial charge is 0.385 e. The summed E-state index contributed by atoms with van der Waals surface area (Å²) in [7, 11) is 0. The fourth-order valence-electron chi connectivity index (χ4n) is 2.28. The van der Waals surface area contributed by atoms with E-state index in [0.29, 0.717) is 18.5 Å². The summed E-state index contributed by atoms with van der Waals surface area (Å²) in [6, 6.07) is 10.9. The molecule has 0 radical (unpaired) electrons. The van der Waals surface area contributed by atoms with Crippen molar-refractivity contribution in [2.45, 2.75) is 25.9 Å². The van der Waals surface area contributed by atoms with Gasteiger partial charge in [-0.25, -0.2) is 4.98 Å². The van der Waals surface area contributed by atoms with Gasteiger partial charge in [0.25, 0.3) is 0 Å². The fourth-order valence-corrected chi connectivity index (χ4v) is 2.28. The summed E-state index contributed by atoms with van der Waals surface area (Å²) >= 11 is 0. The van der Waals surface area contributed by atoms with Crippen molar-refractivity contribution >= 4 is 11.5 Å². The highest BCUT2D eigenvalue weighted by atomic mass is 16.6. The van der Waals surface area contributed by atoms with Crippen molar-refractivity contribution in [1.82, 2.24) is 4.98 Å². The molecule has 2 rings (SSSR count). The van der Waals surface area contributed by atoms with Crippen molar-refractivity contribution in [1.29, 1.82) is 0 Å². The van der Waals surface area contributed by atoms with Gasteiger partial charge in [-0.2, -0.15) is 0 Å². The van der Waals surface area contributed by atoms with E-state index in [1.807, 2.05) is 30.3 Å². The van der Waals surface area contributed by atoms with E-state index in [4.69, 9.17) is 0 Å². The van der Waals surface area contributed by atoms with Gasteiger partial charge in [0.2, 0.25) is 5.82 Å². The molecule has 0 amide bonds. The zero-order chi connectivity index (χ0) is 16.2. The van der Waals surface area contributed by atoms with Gasteiger partial charge < -0.3 is 10.4 Å². The first-order chi connectivity index (χ1) is 10.4. The zero-order valence-corrected chi connectivity index (χ0v) is 12.6. The summed E-state index contributed by atoms with van der Waals surface area (Å²) in [6.45, 7) is 3.77. The van der Waals surface area contributed by atoms with Gasteiger partial charge >= 0.3 is 5.69 Å². The molecule has 1 aromatic heterocycles. The van der Waals surface area contributed by atoms with E-state index < -0.39 is 10.5 Å². The molecule has 0 aliphatic heterocycles. The number of hydrogen-bond acceptors (Lipinski definition) is 5. The summed E-state index contributed by atoms with van der Waals surface area (Å²) in [5.41, 5.74) is 0.329. The molecular formula is C16H19N3O3. The summed E-state index contributed by atoms with van der Waals surface area (Å²) in [5.74, 6) is 0.230. The molecule has 1 unspecified atom stereocenters. The molecule has 6 heteroatoms. The number of aryl methyl sites for hydroxylation is 1. The SMILES string of the molecule is Cc1ccnc(NCCC(C)(O)c2ccccc2)c1[N+](=O)[O-]. The van der Waals surface area contributed by atoms with Gasteiger partial charge in [0.15, 0.2) is 0 Å². The van der Waals surface area contributed by atoms with E-state index in [9.17, 15) is 15.2 Å². The lowest BCUT2D eigenvalue weighted by atomic mass is 9.93. The lowest BCUT2D eigenvalue weighted by Gasteiger charge is -2.24. The Labute approximate surface area is 129 Å². The normalized spacial score (nSPS) is 13.4. The molecule has 22 heavy (non-hydrogen) atoms. The first kappa shape index (κ1) is 15.9. The molecule has 0 saturated heterocycles. The lowest BCUT2D eigenvalue weighted by Crippen LogP contribution is -2.25. The van der Waals surface area contributed by atoms with E-state index in [1.165, 1.54) is 6.20 Å². The molecule has 1 atom stereocenters. The van der Waals surface area contributed by atoms with Crippen molar-refractivity contribution in [2.24, 2.45) is 0 Å². The highest BCUT2D eigenvalue weighted by Crippen LogP contribution is 2.27. The van der Waals surface area contributed by atoms with Gasteiger partial charge in [-0.1, -0.05) is 30.3 Å². The van der Waals surface area contributed by atoms with E-state index in [0.717, 1.165) is 5.56 Å². The molecule has 0 aliphatic carbocycles. The van der Waals surface area contributed by atoms with Crippen molar-refractivity contribution in [3.05, 3.63) is 63.8 Å². The van der Waals surface area contributed by atoms with E-state index in [2.05, 4.69) is 10.3 Å². The van der Waals surface area contributed by atoms with Crippen LogP contribution in [0.2, 0.25) is 0 Å². The third kappa shape index (κ3) is 3.59. The monoisotopic (exact) mass is 301 g/mol. The van der Waals surface area contributed by atoms with Crippen molar-refractivity contribution in [2.75, 3.05) is 11.9 Å². The number of aliphatic hydroxyl groups is 1. The molecule has 1 heterocycles. The maximum absolute atomic E-state index is 11.1. The lowest BCUT2D eigenvalue weighted by molar-refractivity contribution is -0.384. The standard InChI is InChI=1S/C16H19N3O3/c1-12-8-10-17-15(14(12)19(21)22)18-11-9-16(2,20)13-6-4-3-5-7-13/h3-8,10,20H,9,11H2,1-2H3,(H,17,18). The Bertz CT molecular complexity index is 657. The molecule has 116 valence electrons.